The first-order valence-electron chi connectivity index (χ1n) is 11.0. The van der Waals surface area contributed by atoms with Crippen molar-refractivity contribution in [3.8, 4) is 0 Å². The highest BCUT2D eigenvalue weighted by Gasteiger charge is 2.30. The topological polar surface area (TPSA) is 79.4 Å². The van der Waals surface area contributed by atoms with Gasteiger partial charge >= 0.3 is 18.1 Å². The summed E-state index contributed by atoms with van der Waals surface area (Å²) in [7, 11) is 1.31. The molecular weight excluding hydrogens is 441 g/mol. The van der Waals surface area contributed by atoms with Crippen molar-refractivity contribution in [3.05, 3.63) is 65.5 Å². The summed E-state index contributed by atoms with van der Waals surface area (Å²) in [6.07, 6.45) is -0.410. The lowest BCUT2D eigenvalue weighted by molar-refractivity contribution is 0.0172. The average molecular weight is 472 g/mol. The molecule has 182 valence electrons. The number of anilines is 1. The lowest BCUT2D eigenvalue weighted by Gasteiger charge is -2.38. The number of rotatable bonds is 4. The Labute approximate surface area is 198 Å². The summed E-state index contributed by atoms with van der Waals surface area (Å²) < 4.78 is 24.1. The minimum Gasteiger partial charge on any atom is -0.465 e. The number of methoxy groups -OCH3 is 1. The van der Waals surface area contributed by atoms with E-state index in [2.05, 4.69) is 0 Å². The third kappa shape index (κ3) is 6.46. The molecule has 9 heteroatoms. The summed E-state index contributed by atoms with van der Waals surface area (Å²) in [5.74, 6) is -0.904. The lowest BCUT2D eigenvalue weighted by atomic mass is 10.1. The van der Waals surface area contributed by atoms with E-state index in [-0.39, 0.29) is 12.6 Å². The smallest absolute Gasteiger partial charge is 0.410 e. The fraction of sp³-hybridized carbons (Fsp3) is 0.400. The minimum atomic E-state index is -0.596. The van der Waals surface area contributed by atoms with Crippen LogP contribution in [-0.2, 0) is 16.0 Å². The van der Waals surface area contributed by atoms with Gasteiger partial charge in [-0.1, -0.05) is 18.2 Å². The summed E-state index contributed by atoms with van der Waals surface area (Å²) in [4.78, 5) is 42.2. The Morgan fingerprint density at radius 2 is 1.59 bits per heavy atom. The van der Waals surface area contributed by atoms with Gasteiger partial charge in [-0.2, -0.15) is 0 Å². The first-order chi connectivity index (χ1) is 16.1. The molecule has 1 heterocycles. The molecule has 0 radical (unpaired) electrons. The van der Waals surface area contributed by atoms with Crippen molar-refractivity contribution in [1.82, 2.24) is 9.80 Å². The molecule has 0 saturated carbocycles. The Hall–Kier alpha value is -3.62. The number of amides is 3. The summed E-state index contributed by atoms with van der Waals surface area (Å²) in [6.45, 7) is 6.92. The molecule has 0 unspecified atom stereocenters. The Bertz CT molecular complexity index is 1030. The van der Waals surface area contributed by atoms with Gasteiger partial charge in [-0.15, -0.1) is 0 Å². The average Bonchev–Trinajstić information content (AvgIpc) is 2.81. The van der Waals surface area contributed by atoms with Gasteiger partial charge in [-0.05, 0) is 56.7 Å². The molecule has 8 nitrogen and oxygen atoms in total. The highest BCUT2D eigenvalue weighted by molar-refractivity contribution is 5.92. The molecule has 3 amide bonds. The second-order valence-corrected chi connectivity index (χ2v) is 8.99. The zero-order valence-electron chi connectivity index (χ0n) is 19.9. The van der Waals surface area contributed by atoms with Gasteiger partial charge in [-0.25, -0.2) is 18.8 Å². The lowest BCUT2D eigenvalue weighted by Crippen LogP contribution is -2.54. The number of halogens is 1. The highest BCUT2D eigenvalue weighted by Crippen LogP contribution is 2.22. The van der Waals surface area contributed by atoms with E-state index >= 15 is 0 Å². The summed E-state index contributed by atoms with van der Waals surface area (Å²) in [5.41, 5.74) is 0.976. The van der Waals surface area contributed by atoms with E-state index in [1.807, 2.05) is 0 Å². The van der Waals surface area contributed by atoms with Crippen LogP contribution in [0.5, 0.6) is 0 Å². The molecule has 1 aliphatic heterocycles. The van der Waals surface area contributed by atoms with Crippen molar-refractivity contribution in [2.24, 2.45) is 0 Å². The highest BCUT2D eigenvalue weighted by atomic mass is 19.1. The third-order valence-corrected chi connectivity index (χ3v) is 5.27. The van der Waals surface area contributed by atoms with Crippen molar-refractivity contribution < 1.29 is 28.2 Å². The molecule has 3 rings (SSSR count). The van der Waals surface area contributed by atoms with E-state index in [1.54, 1.807) is 67.0 Å². The second-order valence-electron chi connectivity index (χ2n) is 8.99. The monoisotopic (exact) mass is 471 g/mol. The number of carbonyl (C=O) groups excluding carboxylic acids is 3. The normalized spacial score (nSPS) is 13.9. The van der Waals surface area contributed by atoms with Gasteiger partial charge in [0, 0.05) is 31.9 Å². The summed E-state index contributed by atoms with van der Waals surface area (Å²) in [6, 6.07) is 12.2. The largest absolute Gasteiger partial charge is 0.465 e. The van der Waals surface area contributed by atoms with Crippen LogP contribution in [0.3, 0.4) is 0 Å². The quantitative estimate of drug-likeness (QED) is 0.622. The maximum Gasteiger partial charge on any atom is 0.410 e. The van der Waals surface area contributed by atoms with E-state index in [0.29, 0.717) is 37.4 Å². The van der Waals surface area contributed by atoms with Crippen molar-refractivity contribution in [2.75, 3.05) is 38.2 Å². The van der Waals surface area contributed by atoms with Crippen molar-refractivity contribution in [1.29, 1.82) is 0 Å². The number of ether oxygens (including phenoxy) is 2. The van der Waals surface area contributed by atoms with E-state index in [4.69, 9.17) is 9.47 Å². The maximum absolute atomic E-state index is 14.0. The minimum absolute atomic E-state index is 0.177. The van der Waals surface area contributed by atoms with Crippen LogP contribution in [-0.4, -0.2) is 66.8 Å². The molecule has 0 aromatic heterocycles. The van der Waals surface area contributed by atoms with Gasteiger partial charge in [0.2, 0.25) is 0 Å². The molecule has 2 aromatic carbocycles. The standard InChI is InChI=1S/C25H30FN3O5/c1-25(2,3)34-24(32)28-14-12-27(13-15-28)23(31)29(21-7-5-6-20(26)16-21)17-18-8-10-19(11-9-18)22(30)33-4/h5-11,16H,12-15,17H2,1-4H3. The van der Waals surface area contributed by atoms with Crippen molar-refractivity contribution in [2.45, 2.75) is 32.9 Å². The number of esters is 1. The molecule has 1 fully saturated rings. The van der Waals surface area contributed by atoms with E-state index in [0.717, 1.165) is 5.56 Å². The van der Waals surface area contributed by atoms with E-state index in [9.17, 15) is 18.8 Å². The number of nitrogens with zero attached hydrogens (tertiary/aromatic N) is 3. The van der Waals surface area contributed by atoms with E-state index < -0.39 is 23.5 Å². The van der Waals surface area contributed by atoms with Crippen molar-refractivity contribution >= 4 is 23.8 Å². The van der Waals surface area contributed by atoms with Crippen LogP contribution in [0.1, 0.15) is 36.7 Å². The second kappa shape index (κ2) is 10.5. The molecule has 0 aliphatic carbocycles. The maximum atomic E-state index is 14.0. The van der Waals surface area contributed by atoms with Gasteiger partial charge < -0.3 is 19.3 Å². The van der Waals surface area contributed by atoms with Crippen LogP contribution in [0.25, 0.3) is 0 Å². The van der Waals surface area contributed by atoms with Crippen LogP contribution in [0.2, 0.25) is 0 Å². The Morgan fingerprint density at radius 1 is 0.971 bits per heavy atom. The number of urea groups is 1. The Balaban J connectivity index is 1.75. The number of carbonyl (C=O) groups is 3. The summed E-state index contributed by atoms with van der Waals surface area (Å²) in [5, 5.41) is 0. The van der Waals surface area contributed by atoms with E-state index in [1.165, 1.54) is 24.1 Å². The predicted molar refractivity (Wildman–Crippen MR) is 125 cm³/mol. The van der Waals surface area contributed by atoms with Gasteiger partial charge in [0.15, 0.2) is 0 Å². The molecule has 0 atom stereocenters. The Kier molecular flexibility index (Phi) is 7.75. The molecule has 1 aliphatic rings. The van der Waals surface area contributed by atoms with Crippen molar-refractivity contribution in [3.63, 3.8) is 0 Å². The molecule has 2 aromatic rings. The molecule has 0 bridgehead atoms. The summed E-state index contributed by atoms with van der Waals surface area (Å²) >= 11 is 0. The van der Waals surface area contributed by atoms with Crippen LogP contribution in [0.15, 0.2) is 48.5 Å². The van der Waals surface area contributed by atoms with Crippen LogP contribution < -0.4 is 4.90 Å². The zero-order chi connectivity index (χ0) is 24.9. The van der Waals surface area contributed by atoms with Crippen LogP contribution in [0, 0.1) is 5.82 Å². The fourth-order valence-electron chi connectivity index (χ4n) is 3.54. The third-order valence-electron chi connectivity index (χ3n) is 5.27. The van der Waals surface area contributed by atoms with Crippen LogP contribution in [0.4, 0.5) is 19.7 Å². The number of piperazine rings is 1. The first kappa shape index (κ1) is 25.0. The molecular formula is C25H30FN3O5. The zero-order valence-corrected chi connectivity index (χ0v) is 19.9. The SMILES string of the molecule is COC(=O)c1ccc(CN(C(=O)N2CCN(C(=O)OC(C)(C)C)CC2)c2cccc(F)c2)cc1. The van der Waals surface area contributed by atoms with Gasteiger partial charge in [0.25, 0.3) is 0 Å². The number of benzene rings is 2. The first-order valence-corrected chi connectivity index (χ1v) is 11.0. The Morgan fingerprint density at radius 3 is 2.15 bits per heavy atom. The molecule has 1 saturated heterocycles. The predicted octanol–water partition coefficient (Wildman–Crippen LogP) is 4.29. The van der Waals surface area contributed by atoms with Gasteiger partial charge in [0.1, 0.15) is 11.4 Å². The number of hydrogen-bond donors (Lipinski definition) is 0. The van der Waals surface area contributed by atoms with Crippen LogP contribution >= 0.6 is 0 Å². The van der Waals surface area contributed by atoms with Gasteiger partial charge in [-0.3, -0.25) is 4.90 Å². The van der Waals surface area contributed by atoms with Gasteiger partial charge in [0.05, 0.1) is 19.2 Å². The fourth-order valence-corrected chi connectivity index (χ4v) is 3.54. The molecule has 0 spiro atoms. The number of hydrogen-bond acceptors (Lipinski definition) is 5. The molecule has 0 N–H and O–H groups in total. The molecule has 34 heavy (non-hydrogen) atoms.